The minimum Gasteiger partial charge on any atom is -0.344 e. The summed E-state index contributed by atoms with van der Waals surface area (Å²) >= 11 is 0. The number of hydrogen-bond acceptors (Lipinski definition) is 3. The maximum atomic E-state index is 13.1. The van der Waals surface area contributed by atoms with Crippen LogP contribution in [-0.2, 0) is 16.0 Å². The van der Waals surface area contributed by atoms with Crippen LogP contribution in [0, 0.1) is 5.92 Å². The van der Waals surface area contributed by atoms with Crippen molar-refractivity contribution in [2.75, 3.05) is 10.6 Å². The van der Waals surface area contributed by atoms with Gasteiger partial charge in [-0.05, 0) is 52.6 Å². The SMILES string of the molecule is CC(C)C(NC(=O)Cc1ccc2ccccc2c1)C(=O)Nc1cccc(NC(=O)c2ccccc2)c1. The van der Waals surface area contributed by atoms with Crippen LogP contribution in [0.3, 0.4) is 0 Å². The van der Waals surface area contributed by atoms with E-state index in [2.05, 4.69) is 16.0 Å². The van der Waals surface area contributed by atoms with E-state index in [1.54, 1.807) is 48.5 Å². The highest BCUT2D eigenvalue weighted by Gasteiger charge is 2.24. The van der Waals surface area contributed by atoms with Crippen LogP contribution in [0.4, 0.5) is 11.4 Å². The minimum atomic E-state index is -0.708. The van der Waals surface area contributed by atoms with Crippen LogP contribution in [0.15, 0.2) is 97.1 Å². The van der Waals surface area contributed by atoms with Crippen LogP contribution in [0.2, 0.25) is 0 Å². The Morgan fingerprint density at radius 3 is 2.08 bits per heavy atom. The van der Waals surface area contributed by atoms with Crippen LogP contribution < -0.4 is 16.0 Å². The van der Waals surface area contributed by atoms with Gasteiger partial charge in [0, 0.05) is 16.9 Å². The third-order valence-electron chi connectivity index (χ3n) is 5.87. The van der Waals surface area contributed by atoms with Crippen molar-refractivity contribution in [2.24, 2.45) is 5.92 Å². The predicted octanol–water partition coefficient (Wildman–Crippen LogP) is 5.41. The van der Waals surface area contributed by atoms with Gasteiger partial charge in [0.05, 0.1) is 6.42 Å². The topological polar surface area (TPSA) is 87.3 Å². The second-order valence-corrected chi connectivity index (χ2v) is 9.04. The average molecular weight is 480 g/mol. The first-order valence-corrected chi connectivity index (χ1v) is 11.9. The molecule has 182 valence electrons. The molecular formula is C30H29N3O3. The van der Waals surface area contributed by atoms with Crippen LogP contribution in [0.1, 0.15) is 29.8 Å². The number of benzene rings is 4. The lowest BCUT2D eigenvalue weighted by molar-refractivity contribution is -0.127. The first-order chi connectivity index (χ1) is 17.4. The number of rotatable bonds is 8. The molecule has 1 unspecified atom stereocenters. The van der Waals surface area contributed by atoms with E-state index in [9.17, 15) is 14.4 Å². The normalized spacial score (nSPS) is 11.6. The van der Waals surface area contributed by atoms with E-state index in [0.29, 0.717) is 16.9 Å². The summed E-state index contributed by atoms with van der Waals surface area (Å²) in [6.45, 7) is 3.77. The molecule has 36 heavy (non-hydrogen) atoms. The smallest absolute Gasteiger partial charge is 0.255 e. The standard InChI is InChI=1S/C30H29N3O3/c1-20(2)28(33-27(34)18-21-15-16-22-9-6-7-12-24(22)17-21)30(36)32-26-14-8-13-25(19-26)31-29(35)23-10-4-3-5-11-23/h3-17,19-20,28H,18H2,1-2H3,(H,31,35)(H,32,36)(H,33,34). The van der Waals surface area contributed by atoms with Crippen LogP contribution >= 0.6 is 0 Å². The van der Waals surface area contributed by atoms with Crippen molar-refractivity contribution in [3.63, 3.8) is 0 Å². The second kappa shape index (κ2) is 11.3. The number of fused-ring (bicyclic) bond motifs is 1. The second-order valence-electron chi connectivity index (χ2n) is 9.04. The van der Waals surface area contributed by atoms with Gasteiger partial charge < -0.3 is 16.0 Å². The largest absolute Gasteiger partial charge is 0.344 e. The minimum absolute atomic E-state index is 0.119. The summed E-state index contributed by atoms with van der Waals surface area (Å²) in [7, 11) is 0. The highest BCUT2D eigenvalue weighted by molar-refractivity contribution is 6.05. The fourth-order valence-corrected chi connectivity index (χ4v) is 3.98. The Labute approximate surface area is 210 Å². The summed E-state index contributed by atoms with van der Waals surface area (Å²) in [6.07, 6.45) is 0.183. The van der Waals surface area contributed by atoms with Crippen molar-refractivity contribution in [1.29, 1.82) is 0 Å². The molecule has 0 bridgehead atoms. The summed E-state index contributed by atoms with van der Waals surface area (Å²) in [6, 6.07) is 29.0. The molecule has 4 aromatic carbocycles. The molecule has 0 aliphatic carbocycles. The van der Waals surface area contributed by atoms with Crippen molar-refractivity contribution in [3.05, 3.63) is 108 Å². The molecule has 1 atom stereocenters. The molecule has 4 rings (SSSR count). The Morgan fingerprint density at radius 1 is 0.694 bits per heavy atom. The Hall–Kier alpha value is -4.45. The van der Waals surface area contributed by atoms with E-state index >= 15 is 0 Å². The Kier molecular flexibility index (Phi) is 7.75. The molecular weight excluding hydrogens is 450 g/mol. The molecule has 0 aliphatic rings. The van der Waals surface area contributed by atoms with Gasteiger partial charge in [-0.2, -0.15) is 0 Å². The fourth-order valence-electron chi connectivity index (χ4n) is 3.98. The monoisotopic (exact) mass is 479 g/mol. The molecule has 0 radical (unpaired) electrons. The number of carbonyl (C=O) groups excluding carboxylic acids is 3. The van der Waals surface area contributed by atoms with Crippen molar-refractivity contribution in [3.8, 4) is 0 Å². The van der Waals surface area contributed by atoms with Gasteiger partial charge >= 0.3 is 0 Å². The van der Waals surface area contributed by atoms with Gasteiger partial charge in [-0.25, -0.2) is 0 Å². The van der Waals surface area contributed by atoms with E-state index in [1.165, 1.54) is 0 Å². The quantitative estimate of drug-likeness (QED) is 0.316. The molecule has 0 saturated heterocycles. The number of carbonyl (C=O) groups is 3. The van der Waals surface area contributed by atoms with Crippen LogP contribution in [0.25, 0.3) is 10.8 Å². The molecule has 6 nitrogen and oxygen atoms in total. The Balaban J connectivity index is 1.39. The zero-order valence-electron chi connectivity index (χ0n) is 20.3. The first-order valence-electron chi connectivity index (χ1n) is 11.9. The number of anilines is 2. The number of hydrogen-bond donors (Lipinski definition) is 3. The molecule has 0 saturated carbocycles. The summed E-state index contributed by atoms with van der Waals surface area (Å²) in [4.78, 5) is 38.3. The molecule has 3 N–H and O–H groups in total. The van der Waals surface area contributed by atoms with E-state index in [0.717, 1.165) is 16.3 Å². The summed E-state index contributed by atoms with van der Waals surface area (Å²) in [5.74, 6) is -0.891. The first kappa shape index (κ1) is 24.7. The number of amides is 3. The maximum Gasteiger partial charge on any atom is 0.255 e. The van der Waals surface area contributed by atoms with Crippen molar-refractivity contribution >= 4 is 39.9 Å². The molecule has 6 heteroatoms. The van der Waals surface area contributed by atoms with Gasteiger partial charge in [-0.15, -0.1) is 0 Å². The van der Waals surface area contributed by atoms with E-state index in [1.807, 2.05) is 62.4 Å². The molecule has 0 fully saturated rings. The molecule has 0 spiro atoms. The summed E-state index contributed by atoms with van der Waals surface area (Å²) in [5.41, 5.74) is 2.51. The zero-order chi connectivity index (χ0) is 25.5. The Morgan fingerprint density at radius 2 is 1.36 bits per heavy atom. The van der Waals surface area contributed by atoms with Gasteiger partial charge in [0.25, 0.3) is 5.91 Å². The van der Waals surface area contributed by atoms with Gasteiger partial charge in [0.1, 0.15) is 6.04 Å². The summed E-state index contributed by atoms with van der Waals surface area (Å²) in [5, 5.41) is 10.8. The van der Waals surface area contributed by atoms with Gasteiger partial charge in [0.2, 0.25) is 11.8 Å². The van der Waals surface area contributed by atoms with Gasteiger partial charge in [0.15, 0.2) is 0 Å². The average Bonchev–Trinajstić information content (AvgIpc) is 2.87. The van der Waals surface area contributed by atoms with E-state index in [4.69, 9.17) is 0 Å². The molecule has 4 aromatic rings. The van der Waals surface area contributed by atoms with Crippen LogP contribution in [-0.4, -0.2) is 23.8 Å². The van der Waals surface area contributed by atoms with Crippen molar-refractivity contribution in [1.82, 2.24) is 5.32 Å². The highest BCUT2D eigenvalue weighted by Crippen LogP contribution is 2.18. The zero-order valence-corrected chi connectivity index (χ0v) is 20.3. The van der Waals surface area contributed by atoms with Crippen LogP contribution in [0.5, 0.6) is 0 Å². The van der Waals surface area contributed by atoms with Gasteiger partial charge in [-0.1, -0.05) is 80.6 Å². The van der Waals surface area contributed by atoms with Crippen molar-refractivity contribution < 1.29 is 14.4 Å². The van der Waals surface area contributed by atoms with Crippen molar-refractivity contribution in [2.45, 2.75) is 26.3 Å². The Bertz CT molecular complexity index is 1380. The molecule has 3 amide bonds. The summed E-state index contributed by atoms with van der Waals surface area (Å²) < 4.78 is 0. The molecule has 0 aliphatic heterocycles. The van der Waals surface area contributed by atoms with E-state index < -0.39 is 6.04 Å². The van der Waals surface area contributed by atoms with Gasteiger partial charge in [-0.3, -0.25) is 14.4 Å². The third-order valence-corrected chi connectivity index (χ3v) is 5.87. The fraction of sp³-hybridized carbons (Fsp3) is 0.167. The lowest BCUT2D eigenvalue weighted by atomic mass is 10.0. The lowest BCUT2D eigenvalue weighted by Gasteiger charge is -2.22. The third kappa shape index (κ3) is 6.36. The number of nitrogens with one attached hydrogen (secondary N) is 3. The molecule has 0 aromatic heterocycles. The van der Waals surface area contributed by atoms with E-state index in [-0.39, 0.29) is 30.1 Å². The predicted molar refractivity (Wildman–Crippen MR) is 144 cm³/mol. The lowest BCUT2D eigenvalue weighted by Crippen LogP contribution is -2.47. The maximum absolute atomic E-state index is 13.1. The molecule has 0 heterocycles. The highest BCUT2D eigenvalue weighted by atomic mass is 16.2.